The van der Waals surface area contributed by atoms with Crippen LogP contribution in [0.5, 0.6) is 0 Å². The van der Waals surface area contributed by atoms with Crippen LogP contribution in [-0.2, 0) is 0 Å². The number of ketones is 1. The van der Waals surface area contributed by atoms with E-state index in [1.54, 1.807) is 24.3 Å². The van der Waals surface area contributed by atoms with Gasteiger partial charge >= 0.3 is 0 Å². The molecule has 6 nitrogen and oxygen atoms in total. The van der Waals surface area contributed by atoms with Gasteiger partial charge in [-0.1, -0.05) is 42.5 Å². The maximum Gasteiger partial charge on any atom is 0.289 e. The van der Waals surface area contributed by atoms with Crippen molar-refractivity contribution in [2.45, 2.75) is 6.92 Å². The summed E-state index contributed by atoms with van der Waals surface area (Å²) in [5.74, 6) is 1.79. The second-order valence-corrected chi connectivity index (χ2v) is 7.94. The summed E-state index contributed by atoms with van der Waals surface area (Å²) in [5, 5.41) is 1.12. The number of carbonyl (C=O) groups is 2. The largest absolute Gasteiger partial charge is 0.451 e. The maximum absolute atomic E-state index is 13.0. The molecule has 5 rings (SSSR count). The number of amides is 1. The average Bonchev–Trinajstić information content (AvgIpc) is 3.34. The molecule has 0 radical (unpaired) electrons. The minimum absolute atomic E-state index is 0.0184. The van der Waals surface area contributed by atoms with E-state index in [1.165, 1.54) is 6.92 Å². The van der Waals surface area contributed by atoms with Gasteiger partial charge in [-0.3, -0.25) is 9.59 Å². The van der Waals surface area contributed by atoms with Crippen molar-refractivity contribution in [3.05, 3.63) is 84.1 Å². The van der Waals surface area contributed by atoms with E-state index in [-0.39, 0.29) is 11.7 Å². The van der Waals surface area contributed by atoms with E-state index in [4.69, 9.17) is 9.40 Å². The highest BCUT2D eigenvalue weighted by Gasteiger charge is 2.25. The Labute approximate surface area is 186 Å². The number of Topliss-reactive ketones (excluding diaryl/α,β-unsaturated/α-hetero) is 1. The zero-order valence-corrected chi connectivity index (χ0v) is 17.8. The second-order valence-electron chi connectivity index (χ2n) is 7.94. The van der Waals surface area contributed by atoms with E-state index in [1.807, 2.05) is 41.3 Å². The van der Waals surface area contributed by atoms with Crippen molar-refractivity contribution >= 4 is 28.4 Å². The van der Waals surface area contributed by atoms with Crippen molar-refractivity contribution in [1.29, 1.82) is 0 Å². The van der Waals surface area contributed by atoms with Crippen molar-refractivity contribution in [2.75, 3.05) is 31.1 Å². The highest BCUT2D eigenvalue weighted by Crippen LogP contribution is 2.24. The molecule has 3 heterocycles. The molecule has 160 valence electrons. The molecule has 1 fully saturated rings. The number of aromatic nitrogens is 1. The number of benzene rings is 2. The molecular formula is C26H23N3O3. The summed E-state index contributed by atoms with van der Waals surface area (Å²) in [7, 11) is 0. The molecule has 6 heteroatoms. The van der Waals surface area contributed by atoms with Crippen molar-refractivity contribution in [3.63, 3.8) is 0 Å². The number of para-hydroxylation sites is 1. The molecular weight excluding hydrogens is 402 g/mol. The predicted octanol–water partition coefficient (Wildman–Crippen LogP) is 4.66. The third-order valence-electron chi connectivity index (χ3n) is 5.87. The van der Waals surface area contributed by atoms with Gasteiger partial charge in [0.05, 0.1) is 5.52 Å². The lowest BCUT2D eigenvalue weighted by Crippen LogP contribution is -2.49. The van der Waals surface area contributed by atoms with Gasteiger partial charge in [-0.05, 0) is 37.3 Å². The van der Waals surface area contributed by atoms with Crippen LogP contribution in [0.3, 0.4) is 0 Å². The molecule has 0 unspecified atom stereocenters. The van der Waals surface area contributed by atoms with E-state index < -0.39 is 0 Å². The average molecular weight is 425 g/mol. The Morgan fingerprint density at radius 3 is 2.34 bits per heavy atom. The van der Waals surface area contributed by atoms with Crippen LogP contribution in [0.25, 0.3) is 22.2 Å². The molecule has 0 N–H and O–H groups in total. The van der Waals surface area contributed by atoms with Gasteiger partial charge in [0.15, 0.2) is 11.5 Å². The Morgan fingerprint density at radius 2 is 1.59 bits per heavy atom. The minimum atomic E-state index is -0.109. The first kappa shape index (κ1) is 20.0. The first-order chi connectivity index (χ1) is 15.6. The molecule has 0 atom stereocenters. The highest BCUT2D eigenvalue weighted by molar-refractivity contribution is 5.94. The zero-order valence-electron chi connectivity index (χ0n) is 17.8. The molecule has 1 aliphatic rings. The van der Waals surface area contributed by atoms with Crippen molar-refractivity contribution in [1.82, 2.24) is 9.88 Å². The topological polar surface area (TPSA) is 66.7 Å². The number of carbonyl (C=O) groups excluding carboxylic acids is 2. The molecule has 32 heavy (non-hydrogen) atoms. The number of nitrogens with zero attached hydrogens (tertiary/aromatic N) is 3. The molecule has 0 aliphatic carbocycles. The predicted molar refractivity (Wildman–Crippen MR) is 124 cm³/mol. The molecule has 1 aliphatic heterocycles. The van der Waals surface area contributed by atoms with Crippen LogP contribution in [0.2, 0.25) is 0 Å². The van der Waals surface area contributed by atoms with E-state index in [0.29, 0.717) is 30.2 Å². The number of hydrogen-bond acceptors (Lipinski definition) is 5. The quantitative estimate of drug-likeness (QED) is 0.445. The Balaban J connectivity index is 1.25. The second kappa shape index (κ2) is 8.30. The van der Waals surface area contributed by atoms with Gasteiger partial charge in [-0.25, -0.2) is 4.98 Å². The first-order valence-electron chi connectivity index (χ1n) is 10.7. The highest BCUT2D eigenvalue weighted by atomic mass is 16.4. The molecule has 0 spiro atoms. The molecule has 0 saturated carbocycles. The lowest BCUT2D eigenvalue weighted by Gasteiger charge is -2.35. The van der Waals surface area contributed by atoms with Crippen LogP contribution in [-0.4, -0.2) is 47.8 Å². The van der Waals surface area contributed by atoms with Crippen LogP contribution >= 0.6 is 0 Å². The molecule has 1 amide bonds. The summed E-state index contributed by atoms with van der Waals surface area (Å²) < 4.78 is 5.84. The third-order valence-corrected chi connectivity index (χ3v) is 5.87. The minimum Gasteiger partial charge on any atom is -0.451 e. The maximum atomic E-state index is 13.0. The van der Waals surface area contributed by atoms with Crippen LogP contribution in [0, 0.1) is 0 Å². The SMILES string of the molecule is CC(=O)c1ccc(-c2ccc(C(=O)N3CCN(c4ccc5ccccc5n4)CC3)o2)cc1. The lowest BCUT2D eigenvalue weighted by molar-refractivity contribution is 0.0715. The molecule has 1 saturated heterocycles. The molecule has 2 aromatic heterocycles. The standard InChI is InChI=1S/C26H23N3O3/c1-18(30)19-6-8-21(9-7-19)23-11-12-24(32-23)26(31)29-16-14-28(15-17-29)25-13-10-20-4-2-3-5-22(20)27-25/h2-13H,14-17H2,1H3. The number of pyridine rings is 1. The van der Waals surface area contributed by atoms with Crippen LogP contribution in [0.4, 0.5) is 5.82 Å². The van der Waals surface area contributed by atoms with Gasteiger partial charge in [0.25, 0.3) is 5.91 Å². The summed E-state index contributed by atoms with van der Waals surface area (Å²) in [6, 6.07) is 22.9. The Hall–Kier alpha value is -3.93. The Bertz CT molecular complexity index is 1290. The number of fused-ring (bicyclic) bond motifs is 1. The summed E-state index contributed by atoms with van der Waals surface area (Å²) in [4.78, 5) is 33.2. The molecule has 0 bridgehead atoms. The Morgan fingerprint density at radius 1 is 0.844 bits per heavy atom. The summed E-state index contributed by atoms with van der Waals surface area (Å²) in [6.45, 7) is 4.19. The number of furan rings is 1. The van der Waals surface area contributed by atoms with Crippen molar-refractivity contribution in [3.8, 4) is 11.3 Å². The Kier molecular flexibility index (Phi) is 5.19. The third kappa shape index (κ3) is 3.87. The van der Waals surface area contributed by atoms with Gasteiger partial charge in [0, 0.05) is 42.7 Å². The number of piperazine rings is 1. The normalized spacial score (nSPS) is 14.0. The molecule has 4 aromatic rings. The van der Waals surface area contributed by atoms with Crippen LogP contribution < -0.4 is 4.90 Å². The summed E-state index contributed by atoms with van der Waals surface area (Å²) in [5.41, 5.74) is 2.46. The first-order valence-corrected chi connectivity index (χ1v) is 10.7. The lowest BCUT2D eigenvalue weighted by atomic mass is 10.1. The van der Waals surface area contributed by atoms with E-state index >= 15 is 0 Å². The number of anilines is 1. The van der Waals surface area contributed by atoms with Crippen LogP contribution in [0.15, 0.2) is 77.2 Å². The number of hydrogen-bond donors (Lipinski definition) is 0. The number of rotatable bonds is 4. The van der Waals surface area contributed by atoms with Gasteiger partial charge in [0.2, 0.25) is 0 Å². The fourth-order valence-corrected chi connectivity index (χ4v) is 4.00. The van der Waals surface area contributed by atoms with Gasteiger partial charge in [-0.15, -0.1) is 0 Å². The monoisotopic (exact) mass is 425 g/mol. The fourth-order valence-electron chi connectivity index (χ4n) is 4.00. The zero-order chi connectivity index (χ0) is 22.1. The van der Waals surface area contributed by atoms with E-state index in [2.05, 4.69) is 17.0 Å². The van der Waals surface area contributed by atoms with Gasteiger partial charge < -0.3 is 14.2 Å². The fraction of sp³-hybridized carbons (Fsp3) is 0.192. The summed E-state index contributed by atoms with van der Waals surface area (Å²) >= 11 is 0. The van der Waals surface area contributed by atoms with Crippen molar-refractivity contribution < 1.29 is 14.0 Å². The summed E-state index contributed by atoms with van der Waals surface area (Å²) in [6.07, 6.45) is 0. The van der Waals surface area contributed by atoms with Crippen LogP contribution in [0.1, 0.15) is 27.8 Å². The van der Waals surface area contributed by atoms with Gasteiger partial charge in [-0.2, -0.15) is 0 Å². The van der Waals surface area contributed by atoms with E-state index in [0.717, 1.165) is 35.4 Å². The van der Waals surface area contributed by atoms with Gasteiger partial charge in [0.1, 0.15) is 11.6 Å². The van der Waals surface area contributed by atoms with E-state index in [9.17, 15) is 9.59 Å². The van der Waals surface area contributed by atoms with Crippen molar-refractivity contribution in [2.24, 2.45) is 0 Å². The molecule has 2 aromatic carbocycles. The smallest absolute Gasteiger partial charge is 0.289 e.